The molecule has 27 heavy (non-hydrogen) atoms. The van der Waals surface area contributed by atoms with Crippen LogP contribution < -0.4 is 16.1 Å². The zero-order valence-corrected chi connectivity index (χ0v) is 15.2. The first-order valence-electron chi connectivity index (χ1n) is 8.43. The van der Waals surface area contributed by atoms with Crippen LogP contribution in [-0.4, -0.2) is 34.8 Å². The van der Waals surface area contributed by atoms with Crippen LogP contribution in [0.4, 0.5) is 13.2 Å². The molecule has 2 aromatic rings. The van der Waals surface area contributed by atoms with Gasteiger partial charge in [0.2, 0.25) is 5.43 Å². The van der Waals surface area contributed by atoms with Crippen molar-refractivity contribution in [2.45, 2.75) is 33.0 Å². The molecule has 1 aromatic heterocycles. The van der Waals surface area contributed by atoms with Gasteiger partial charge in [0, 0.05) is 24.3 Å². The quantitative estimate of drug-likeness (QED) is 0.804. The van der Waals surface area contributed by atoms with Crippen molar-refractivity contribution in [3.05, 3.63) is 57.5 Å². The number of rotatable bonds is 6. The van der Waals surface area contributed by atoms with Crippen molar-refractivity contribution >= 4 is 5.91 Å². The van der Waals surface area contributed by atoms with Crippen LogP contribution in [0.1, 0.15) is 35.6 Å². The van der Waals surface area contributed by atoms with Crippen LogP contribution in [0, 0.1) is 6.92 Å². The van der Waals surface area contributed by atoms with E-state index >= 15 is 0 Å². The lowest BCUT2D eigenvalue weighted by atomic mass is 10.2. The third-order valence-corrected chi connectivity index (χ3v) is 3.86. The molecule has 1 amide bonds. The molecule has 0 radical (unpaired) electrons. The molecule has 1 heterocycles. The maximum atomic E-state index is 12.9. The normalized spacial score (nSPS) is 12.7. The Kier molecular flexibility index (Phi) is 6.37. The largest absolute Gasteiger partial charge is 0.416 e. The molecule has 9 heteroatoms. The van der Waals surface area contributed by atoms with Gasteiger partial charge < -0.3 is 10.6 Å². The van der Waals surface area contributed by atoms with E-state index in [0.717, 1.165) is 23.4 Å². The Bertz CT molecular complexity index is 878. The Morgan fingerprint density at radius 2 is 2.00 bits per heavy atom. The van der Waals surface area contributed by atoms with E-state index in [1.165, 1.54) is 25.1 Å². The number of aromatic nitrogens is 2. The predicted octanol–water partition coefficient (Wildman–Crippen LogP) is 2.29. The Morgan fingerprint density at radius 1 is 1.30 bits per heavy atom. The van der Waals surface area contributed by atoms with Gasteiger partial charge in [-0.25, -0.2) is 4.68 Å². The molecule has 0 saturated heterocycles. The van der Waals surface area contributed by atoms with Crippen molar-refractivity contribution in [3.8, 4) is 5.69 Å². The summed E-state index contributed by atoms with van der Waals surface area (Å²) in [4.78, 5) is 24.4. The molecule has 2 rings (SSSR count). The molecule has 0 fully saturated rings. The molecule has 1 atom stereocenters. The molecule has 0 spiro atoms. The second kappa shape index (κ2) is 8.34. The second-order valence-corrected chi connectivity index (χ2v) is 6.13. The molecule has 0 aliphatic rings. The van der Waals surface area contributed by atoms with Gasteiger partial charge in [0.1, 0.15) is 0 Å². The van der Waals surface area contributed by atoms with Crippen molar-refractivity contribution < 1.29 is 18.0 Å². The molecule has 146 valence electrons. The van der Waals surface area contributed by atoms with Crippen LogP contribution in [0.15, 0.2) is 35.1 Å². The summed E-state index contributed by atoms with van der Waals surface area (Å²) in [6.07, 6.45) is -4.51. The Hall–Kier alpha value is -2.68. The van der Waals surface area contributed by atoms with Crippen molar-refractivity contribution in [2.24, 2.45) is 0 Å². The summed E-state index contributed by atoms with van der Waals surface area (Å²) in [5.74, 6) is -0.675. The number of aryl methyl sites for hydroxylation is 1. The molecular weight excluding hydrogens is 361 g/mol. The van der Waals surface area contributed by atoms with E-state index in [1.54, 1.807) is 0 Å². The number of nitrogens with zero attached hydrogens (tertiary/aromatic N) is 2. The lowest BCUT2D eigenvalue weighted by molar-refractivity contribution is -0.137. The maximum Gasteiger partial charge on any atom is 0.416 e. The van der Waals surface area contributed by atoms with Gasteiger partial charge in [-0.1, -0.05) is 13.0 Å². The maximum absolute atomic E-state index is 12.9. The fourth-order valence-electron chi connectivity index (χ4n) is 2.53. The SMILES string of the molecule is CCN[C@H](C)CNC(=O)c1nn(-c2cccc(C(F)(F)F)c2)c(C)cc1=O. The molecule has 2 N–H and O–H groups in total. The number of benzene rings is 1. The van der Waals surface area contributed by atoms with Crippen molar-refractivity contribution in [3.63, 3.8) is 0 Å². The summed E-state index contributed by atoms with van der Waals surface area (Å²) in [5, 5.41) is 9.70. The molecule has 1 aromatic carbocycles. The van der Waals surface area contributed by atoms with Crippen LogP contribution >= 0.6 is 0 Å². The summed E-state index contributed by atoms with van der Waals surface area (Å²) in [6, 6.07) is 5.70. The third kappa shape index (κ3) is 5.16. The summed E-state index contributed by atoms with van der Waals surface area (Å²) in [6.45, 7) is 6.33. The topological polar surface area (TPSA) is 76.0 Å². The fourth-order valence-corrected chi connectivity index (χ4v) is 2.53. The van der Waals surface area contributed by atoms with E-state index in [4.69, 9.17) is 0 Å². The predicted molar refractivity (Wildman–Crippen MR) is 95.0 cm³/mol. The van der Waals surface area contributed by atoms with Gasteiger partial charge in [0.05, 0.1) is 11.3 Å². The van der Waals surface area contributed by atoms with Gasteiger partial charge in [-0.2, -0.15) is 18.3 Å². The second-order valence-electron chi connectivity index (χ2n) is 6.13. The first-order valence-corrected chi connectivity index (χ1v) is 8.43. The molecule has 0 unspecified atom stereocenters. The molecule has 0 saturated carbocycles. The summed E-state index contributed by atoms with van der Waals surface area (Å²) in [7, 11) is 0. The van der Waals surface area contributed by atoms with Gasteiger partial charge in [-0.3, -0.25) is 9.59 Å². The van der Waals surface area contributed by atoms with Crippen LogP contribution in [0.3, 0.4) is 0 Å². The van der Waals surface area contributed by atoms with Crippen LogP contribution in [0.2, 0.25) is 0 Å². The number of carbonyl (C=O) groups is 1. The Labute approximate surface area is 154 Å². The molecule has 6 nitrogen and oxygen atoms in total. The third-order valence-electron chi connectivity index (χ3n) is 3.86. The first kappa shape index (κ1) is 20.6. The number of halogens is 3. The lowest BCUT2D eigenvalue weighted by Crippen LogP contribution is -2.40. The minimum Gasteiger partial charge on any atom is -0.349 e. The lowest BCUT2D eigenvalue weighted by Gasteiger charge is -2.15. The number of amides is 1. The van der Waals surface area contributed by atoms with Crippen molar-refractivity contribution in [1.82, 2.24) is 20.4 Å². The zero-order valence-electron chi connectivity index (χ0n) is 15.2. The number of nitrogens with one attached hydrogen (secondary N) is 2. The molecule has 0 aliphatic heterocycles. The number of carbonyl (C=O) groups excluding carboxylic acids is 1. The van der Waals surface area contributed by atoms with Gasteiger partial charge in [0.25, 0.3) is 5.91 Å². The molecule has 0 bridgehead atoms. The van der Waals surface area contributed by atoms with E-state index < -0.39 is 23.1 Å². The van der Waals surface area contributed by atoms with Gasteiger partial charge in [0.15, 0.2) is 5.69 Å². The van der Waals surface area contributed by atoms with E-state index in [2.05, 4.69) is 15.7 Å². The van der Waals surface area contributed by atoms with Crippen LogP contribution in [0.5, 0.6) is 0 Å². The molecular formula is C18H21F3N4O2. The highest BCUT2D eigenvalue weighted by molar-refractivity contribution is 5.92. The highest BCUT2D eigenvalue weighted by atomic mass is 19.4. The zero-order chi connectivity index (χ0) is 20.2. The van der Waals surface area contributed by atoms with Crippen molar-refractivity contribution in [2.75, 3.05) is 13.1 Å². The van der Waals surface area contributed by atoms with Gasteiger partial charge in [-0.05, 0) is 38.6 Å². The van der Waals surface area contributed by atoms with Gasteiger partial charge in [-0.15, -0.1) is 0 Å². The number of likely N-dealkylation sites (N-methyl/N-ethyl adjacent to an activating group) is 1. The summed E-state index contributed by atoms with van der Waals surface area (Å²) in [5.41, 5.74) is -1.38. The Morgan fingerprint density at radius 3 is 2.63 bits per heavy atom. The Balaban J connectivity index is 2.36. The van der Waals surface area contributed by atoms with E-state index in [0.29, 0.717) is 5.69 Å². The number of alkyl halides is 3. The first-order chi connectivity index (χ1) is 12.6. The van der Waals surface area contributed by atoms with E-state index in [9.17, 15) is 22.8 Å². The van der Waals surface area contributed by atoms with Crippen LogP contribution in [-0.2, 0) is 6.18 Å². The van der Waals surface area contributed by atoms with Gasteiger partial charge >= 0.3 is 6.18 Å². The highest BCUT2D eigenvalue weighted by Crippen LogP contribution is 2.30. The smallest absolute Gasteiger partial charge is 0.349 e. The summed E-state index contributed by atoms with van der Waals surface area (Å²) >= 11 is 0. The average Bonchev–Trinajstić information content (AvgIpc) is 2.59. The number of hydrogen-bond acceptors (Lipinski definition) is 4. The van der Waals surface area contributed by atoms with Crippen LogP contribution in [0.25, 0.3) is 5.69 Å². The monoisotopic (exact) mass is 382 g/mol. The molecule has 0 aliphatic carbocycles. The fraction of sp³-hybridized carbons (Fsp3) is 0.389. The minimum atomic E-state index is -4.51. The average molecular weight is 382 g/mol. The van der Waals surface area contributed by atoms with E-state index in [-0.39, 0.29) is 24.0 Å². The van der Waals surface area contributed by atoms with Crippen molar-refractivity contribution in [1.29, 1.82) is 0 Å². The van der Waals surface area contributed by atoms with E-state index in [1.807, 2.05) is 13.8 Å². The standard InChI is InChI=1S/C18H21F3N4O2/c1-4-22-11(2)10-23-17(27)16-15(26)8-12(3)25(24-16)14-7-5-6-13(9-14)18(19,20)21/h5-9,11,22H,4,10H2,1-3H3,(H,23,27)/t11-/m1/s1. The minimum absolute atomic E-state index is 0.00455. The highest BCUT2D eigenvalue weighted by Gasteiger charge is 2.30. The summed E-state index contributed by atoms with van der Waals surface area (Å²) < 4.78 is 40.0. The number of hydrogen-bond donors (Lipinski definition) is 2.